The van der Waals surface area contributed by atoms with E-state index in [4.69, 9.17) is 14.9 Å². The van der Waals surface area contributed by atoms with Crippen LogP contribution in [0.5, 0.6) is 0 Å². The van der Waals surface area contributed by atoms with Gasteiger partial charge in [0.1, 0.15) is 12.2 Å². The van der Waals surface area contributed by atoms with Gasteiger partial charge in [-0.25, -0.2) is 4.79 Å². The van der Waals surface area contributed by atoms with Gasteiger partial charge in [-0.2, -0.15) is 0 Å². The van der Waals surface area contributed by atoms with Crippen molar-refractivity contribution < 1.29 is 19.7 Å². The van der Waals surface area contributed by atoms with E-state index < -0.39 is 12.1 Å². The minimum absolute atomic E-state index is 0.0196. The van der Waals surface area contributed by atoms with Gasteiger partial charge in [-0.15, -0.1) is 0 Å². The van der Waals surface area contributed by atoms with E-state index in [1.807, 2.05) is 0 Å². The van der Waals surface area contributed by atoms with Gasteiger partial charge in [0.05, 0.1) is 0 Å². The summed E-state index contributed by atoms with van der Waals surface area (Å²) >= 11 is 0. The van der Waals surface area contributed by atoms with E-state index in [1.165, 1.54) is 6.92 Å². The van der Waals surface area contributed by atoms with Crippen LogP contribution in [0.3, 0.4) is 0 Å². The molecular formula is C7H14O4. The maximum Gasteiger partial charge on any atom is 0.334 e. The first-order valence-electron chi connectivity index (χ1n) is 3.57. The Morgan fingerprint density at radius 2 is 2.09 bits per heavy atom. The highest BCUT2D eigenvalue weighted by Gasteiger charge is 2.13. The molecule has 0 spiro atoms. The Kier molecular flexibility index (Phi) is 4.81. The summed E-state index contributed by atoms with van der Waals surface area (Å²) in [6.07, 6.45) is -1.02. The third-order valence-corrected chi connectivity index (χ3v) is 1.19. The molecular weight excluding hydrogens is 148 g/mol. The molecule has 0 aromatic carbocycles. The molecule has 11 heavy (non-hydrogen) atoms. The van der Waals surface area contributed by atoms with Gasteiger partial charge in [0, 0.05) is 13.0 Å². The van der Waals surface area contributed by atoms with Crippen molar-refractivity contribution in [3.8, 4) is 0 Å². The standard InChI is InChI=1S/C7H14O4/c1-5(3-4-8)11-7(10)6(2)9/h5-6,8-9H,3-4H2,1-2H3/t5-,6-/m0/s1. The highest BCUT2D eigenvalue weighted by Crippen LogP contribution is 1.98. The lowest BCUT2D eigenvalue weighted by Crippen LogP contribution is -2.24. The minimum Gasteiger partial charge on any atom is -0.461 e. The van der Waals surface area contributed by atoms with Crippen LogP contribution in [0, 0.1) is 0 Å². The van der Waals surface area contributed by atoms with Gasteiger partial charge in [-0.1, -0.05) is 0 Å². The molecule has 0 saturated carbocycles. The van der Waals surface area contributed by atoms with E-state index in [2.05, 4.69) is 0 Å². The molecule has 4 nitrogen and oxygen atoms in total. The number of carbonyl (C=O) groups excluding carboxylic acids is 1. The fourth-order valence-electron chi connectivity index (χ4n) is 0.537. The third kappa shape index (κ3) is 4.75. The molecule has 2 N–H and O–H groups in total. The molecule has 0 aromatic heterocycles. The van der Waals surface area contributed by atoms with Crippen molar-refractivity contribution in [3.63, 3.8) is 0 Å². The van der Waals surface area contributed by atoms with Crippen LogP contribution in [0.2, 0.25) is 0 Å². The number of carbonyl (C=O) groups is 1. The predicted octanol–water partition coefficient (Wildman–Crippen LogP) is -0.319. The zero-order chi connectivity index (χ0) is 8.85. The molecule has 4 heteroatoms. The van der Waals surface area contributed by atoms with Crippen molar-refractivity contribution in [2.24, 2.45) is 0 Å². The van der Waals surface area contributed by atoms with Gasteiger partial charge < -0.3 is 14.9 Å². The van der Waals surface area contributed by atoms with Crippen LogP contribution >= 0.6 is 0 Å². The number of rotatable bonds is 4. The highest BCUT2D eigenvalue weighted by atomic mass is 16.6. The first kappa shape index (κ1) is 10.4. The molecule has 0 saturated heterocycles. The van der Waals surface area contributed by atoms with Gasteiger partial charge in [0.15, 0.2) is 0 Å². The van der Waals surface area contributed by atoms with Crippen LogP contribution in [-0.4, -0.2) is 35.0 Å². The molecule has 0 bridgehead atoms. The second-order valence-corrected chi connectivity index (χ2v) is 2.44. The largest absolute Gasteiger partial charge is 0.461 e. The zero-order valence-electron chi connectivity index (χ0n) is 6.78. The van der Waals surface area contributed by atoms with Gasteiger partial charge >= 0.3 is 5.97 Å². The third-order valence-electron chi connectivity index (χ3n) is 1.19. The zero-order valence-corrected chi connectivity index (χ0v) is 6.78. The molecule has 0 heterocycles. The summed E-state index contributed by atoms with van der Waals surface area (Å²) in [6.45, 7) is 2.98. The smallest absolute Gasteiger partial charge is 0.334 e. The Morgan fingerprint density at radius 3 is 2.45 bits per heavy atom. The first-order valence-corrected chi connectivity index (χ1v) is 3.57. The van der Waals surface area contributed by atoms with Crippen LogP contribution < -0.4 is 0 Å². The van der Waals surface area contributed by atoms with E-state index in [0.29, 0.717) is 6.42 Å². The molecule has 0 aliphatic carbocycles. The average Bonchev–Trinajstić information content (AvgIpc) is 1.87. The quantitative estimate of drug-likeness (QED) is 0.556. The maximum atomic E-state index is 10.7. The highest BCUT2D eigenvalue weighted by molar-refractivity contribution is 5.73. The molecule has 0 aromatic rings. The summed E-state index contributed by atoms with van der Waals surface area (Å²) in [5.41, 5.74) is 0. The molecule has 0 aliphatic rings. The lowest BCUT2D eigenvalue weighted by atomic mass is 10.3. The number of aliphatic hydroxyl groups is 2. The summed E-state index contributed by atoms with van der Waals surface area (Å²) in [7, 11) is 0. The van der Waals surface area contributed by atoms with Crippen LogP contribution in [0.4, 0.5) is 0 Å². The Bertz CT molecular complexity index is 122. The number of ether oxygens (including phenoxy) is 1. The van der Waals surface area contributed by atoms with Crippen LogP contribution in [0.1, 0.15) is 20.3 Å². The van der Waals surface area contributed by atoms with Crippen molar-refractivity contribution in [1.29, 1.82) is 0 Å². The Labute approximate surface area is 65.8 Å². The SMILES string of the molecule is C[C@H](O)C(=O)O[C@@H](C)CCO. The first-order chi connectivity index (χ1) is 5.07. The fraction of sp³-hybridized carbons (Fsp3) is 0.857. The lowest BCUT2D eigenvalue weighted by molar-refractivity contribution is -0.157. The molecule has 0 unspecified atom stereocenters. The van der Waals surface area contributed by atoms with E-state index in [-0.39, 0.29) is 12.7 Å². The van der Waals surface area contributed by atoms with Gasteiger partial charge in [0.25, 0.3) is 0 Å². The number of hydrogen-bond donors (Lipinski definition) is 2. The van der Waals surface area contributed by atoms with E-state index >= 15 is 0 Å². The van der Waals surface area contributed by atoms with Gasteiger partial charge in [-0.3, -0.25) is 0 Å². The summed E-state index contributed by atoms with van der Waals surface area (Å²) in [5.74, 6) is -0.647. The molecule has 0 aliphatic heterocycles. The maximum absolute atomic E-state index is 10.7. The van der Waals surface area contributed by atoms with Crippen molar-refractivity contribution >= 4 is 5.97 Å². The van der Waals surface area contributed by atoms with Crippen LogP contribution in [0.25, 0.3) is 0 Å². The Morgan fingerprint density at radius 1 is 1.55 bits per heavy atom. The summed E-state index contributed by atoms with van der Waals surface area (Å²) < 4.78 is 4.70. The van der Waals surface area contributed by atoms with Crippen molar-refractivity contribution in [1.82, 2.24) is 0 Å². The molecule has 0 fully saturated rings. The normalized spacial score (nSPS) is 15.6. The molecule has 0 rings (SSSR count). The van der Waals surface area contributed by atoms with E-state index in [1.54, 1.807) is 6.92 Å². The Balaban J connectivity index is 3.57. The van der Waals surface area contributed by atoms with Crippen LogP contribution in [0.15, 0.2) is 0 Å². The fourth-order valence-corrected chi connectivity index (χ4v) is 0.537. The molecule has 2 atom stereocenters. The van der Waals surface area contributed by atoms with Crippen molar-refractivity contribution in [3.05, 3.63) is 0 Å². The number of aliphatic hydroxyl groups excluding tert-OH is 2. The van der Waals surface area contributed by atoms with Crippen molar-refractivity contribution in [2.45, 2.75) is 32.5 Å². The summed E-state index contributed by atoms with van der Waals surface area (Å²) in [4.78, 5) is 10.7. The predicted molar refractivity (Wildman–Crippen MR) is 38.9 cm³/mol. The minimum atomic E-state index is -1.09. The molecule has 0 amide bonds. The summed E-state index contributed by atoms with van der Waals surface area (Å²) in [6, 6.07) is 0. The average molecular weight is 162 g/mol. The number of hydrogen-bond acceptors (Lipinski definition) is 4. The summed E-state index contributed by atoms with van der Waals surface area (Å²) in [5, 5.41) is 17.1. The van der Waals surface area contributed by atoms with E-state index in [0.717, 1.165) is 0 Å². The van der Waals surface area contributed by atoms with Crippen molar-refractivity contribution in [2.75, 3.05) is 6.61 Å². The Hall–Kier alpha value is -0.610. The second kappa shape index (κ2) is 5.09. The van der Waals surface area contributed by atoms with E-state index in [9.17, 15) is 4.79 Å². The number of esters is 1. The monoisotopic (exact) mass is 162 g/mol. The lowest BCUT2D eigenvalue weighted by Gasteiger charge is -2.12. The van der Waals surface area contributed by atoms with Gasteiger partial charge in [0.2, 0.25) is 0 Å². The van der Waals surface area contributed by atoms with Gasteiger partial charge in [-0.05, 0) is 13.8 Å². The molecule has 0 radical (unpaired) electrons. The molecule has 66 valence electrons. The second-order valence-electron chi connectivity index (χ2n) is 2.44. The van der Waals surface area contributed by atoms with Crippen LogP contribution in [-0.2, 0) is 9.53 Å². The topological polar surface area (TPSA) is 66.8 Å².